The van der Waals surface area contributed by atoms with E-state index < -0.39 is 0 Å². The summed E-state index contributed by atoms with van der Waals surface area (Å²) in [7, 11) is 4.69. The Hall–Kier alpha value is -3.15. The highest BCUT2D eigenvalue weighted by molar-refractivity contribution is 5.93. The highest BCUT2D eigenvalue weighted by Gasteiger charge is 2.18. The molecule has 0 saturated heterocycles. The van der Waals surface area contributed by atoms with E-state index >= 15 is 0 Å². The molecule has 0 atom stereocenters. The Morgan fingerprint density at radius 2 is 1.63 bits per heavy atom. The number of aromatic nitrogens is 1. The Balaban J connectivity index is 2.25. The summed E-state index contributed by atoms with van der Waals surface area (Å²) in [4.78, 5) is 16.5. The van der Waals surface area contributed by atoms with Crippen LogP contribution in [0.5, 0.6) is 23.0 Å². The lowest BCUT2D eigenvalue weighted by Gasteiger charge is -2.14. The number of H-pyrrole nitrogens is 1. The molecule has 1 N–H and O–H groups in total. The number of ether oxygens (including phenoxy) is 4. The van der Waals surface area contributed by atoms with Crippen molar-refractivity contribution in [1.29, 1.82) is 0 Å². The van der Waals surface area contributed by atoms with E-state index in [1.165, 1.54) is 0 Å². The molecular weight excluding hydrogens is 346 g/mol. The molecule has 0 radical (unpaired) electrons. The zero-order valence-corrected chi connectivity index (χ0v) is 15.9. The standard InChI is InChI=1S/C21H23NO5/c1-5-10-27-17-9-8-16(25-3)19-20(17)22-12-15(21(19)23)14-7-6-13(24-2)11-18(14)26-4/h6-9,11-12H,5,10H2,1-4H3,(H,22,23). The van der Waals surface area contributed by atoms with Crippen LogP contribution in [0.3, 0.4) is 0 Å². The van der Waals surface area contributed by atoms with E-state index in [-0.39, 0.29) is 5.43 Å². The monoisotopic (exact) mass is 369 g/mol. The number of aromatic amines is 1. The van der Waals surface area contributed by atoms with Gasteiger partial charge in [-0.1, -0.05) is 6.92 Å². The molecule has 3 aromatic rings. The van der Waals surface area contributed by atoms with Crippen LogP contribution in [0.4, 0.5) is 0 Å². The van der Waals surface area contributed by atoms with Crippen molar-refractivity contribution in [3.8, 4) is 34.1 Å². The molecule has 0 fully saturated rings. The molecule has 0 amide bonds. The molecule has 0 unspecified atom stereocenters. The van der Waals surface area contributed by atoms with E-state index in [1.807, 2.05) is 6.92 Å². The second-order valence-corrected chi connectivity index (χ2v) is 5.96. The van der Waals surface area contributed by atoms with Crippen molar-refractivity contribution in [2.45, 2.75) is 13.3 Å². The third-order valence-corrected chi connectivity index (χ3v) is 4.34. The third kappa shape index (κ3) is 3.43. The second kappa shape index (κ2) is 8.03. The van der Waals surface area contributed by atoms with Crippen molar-refractivity contribution in [2.75, 3.05) is 27.9 Å². The number of methoxy groups -OCH3 is 3. The molecule has 27 heavy (non-hydrogen) atoms. The fraction of sp³-hybridized carbons (Fsp3) is 0.286. The molecule has 3 rings (SSSR count). The lowest BCUT2D eigenvalue weighted by molar-refractivity contribution is 0.320. The largest absolute Gasteiger partial charge is 0.497 e. The maximum Gasteiger partial charge on any atom is 0.201 e. The summed E-state index contributed by atoms with van der Waals surface area (Å²) in [6.07, 6.45) is 2.55. The number of nitrogens with one attached hydrogen (secondary N) is 1. The lowest BCUT2D eigenvalue weighted by Crippen LogP contribution is -2.10. The normalized spacial score (nSPS) is 10.7. The molecule has 2 aromatic carbocycles. The number of fused-ring (bicyclic) bond motifs is 1. The van der Waals surface area contributed by atoms with Gasteiger partial charge in [-0.15, -0.1) is 0 Å². The quantitative estimate of drug-likeness (QED) is 0.681. The minimum Gasteiger partial charge on any atom is -0.497 e. The van der Waals surface area contributed by atoms with Gasteiger partial charge in [-0.25, -0.2) is 0 Å². The van der Waals surface area contributed by atoms with Gasteiger partial charge >= 0.3 is 0 Å². The van der Waals surface area contributed by atoms with Gasteiger partial charge in [0.05, 0.1) is 38.8 Å². The molecule has 0 aliphatic heterocycles. The van der Waals surface area contributed by atoms with Gasteiger partial charge in [0, 0.05) is 23.4 Å². The molecular formula is C21H23NO5. The van der Waals surface area contributed by atoms with Crippen LogP contribution >= 0.6 is 0 Å². The Morgan fingerprint density at radius 3 is 2.30 bits per heavy atom. The maximum atomic E-state index is 13.3. The van der Waals surface area contributed by atoms with Gasteiger partial charge < -0.3 is 23.9 Å². The Morgan fingerprint density at radius 1 is 0.889 bits per heavy atom. The van der Waals surface area contributed by atoms with Crippen molar-refractivity contribution >= 4 is 10.9 Å². The predicted molar refractivity (Wildman–Crippen MR) is 105 cm³/mol. The number of hydrogen-bond donors (Lipinski definition) is 1. The summed E-state index contributed by atoms with van der Waals surface area (Å²) in [5.74, 6) is 2.32. The van der Waals surface area contributed by atoms with Gasteiger partial charge in [-0.2, -0.15) is 0 Å². The van der Waals surface area contributed by atoms with E-state index in [0.717, 1.165) is 6.42 Å². The van der Waals surface area contributed by atoms with Gasteiger partial charge in [0.2, 0.25) is 5.43 Å². The topological polar surface area (TPSA) is 69.8 Å². The molecule has 0 spiro atoms. The van der Waals surface area contributed by atoms with Gasteiger partial charge in [-0.3, -0.25) is 4.79 Å². The molecule has 0 saturated carbocycles. The van der Waals surface area contributed by atoms with E-state index in [4.69, 9.17) is 18.9 Å². The second-order valence-electron chi connectivity index (χ2n) is 5.96. The molecule has 1 aromatic heterocycles. The zero-order chi connectivity index (χ0) is 19.4. The molecule has 6 nitrogen and oxygen atoms in total. The van der Waals surface area contributed by atoms with Crippen molar-refractivity contribution in [3.05, 3.63) is 46.8 Å². The SMILES string of the molecule is CCCOc1ccc(OC)c2c(=O)c(-c3ccc(OC)cc3OC)c[nH]c12. The first-order chi connectivity index (χ1) is 13.1. The van der Waals surface area contributed by atoms with Gasteiger partial charge in [-0.05, 0) is 30.7 Å². The first-order valence-corrected chi connectivity index (χ1v) is 8.72. The van der Waals surface area contributed by atoms with Crippen LogP contribution in [-0.2, 0) is 0 Å². The lowest BCUT2D eigenvalue weighted by atomic mass is 10.0. The number of hydrogen-bond acceptors (Lipinski definition) is 5. The number of rotatable bonds is 7. The summed E-state index contributed by atoms with van der Waals surface area (Å²) >= 11 is 0. The zero-order valence-electron chi connectivity index (χ0n) is 15.9. The molecule has 0 bridgehead atoms. The van der Waals surface area contributed by atoms with Crippen LogP contribution in [0.2, 0.25) is 0 Å². The van der Waals surface area contributed by atoms with Crippen LogP contribution in [0.25, 0.3) is 22.0 Å². The summed E-state index contributed by atoms with van der Waals surface area (Å²) in [6, 6.07) is 8.90. The van der Waals surface area contributed by atoms with Crippen molar-refractivity contribution in [1.82, 2.24) is 4.98 Å². The van der Waals surface area contributed by atoms with E-state index in [9.17, 15) is 4.79 Å². The smallest absolute Gasteiger partial charge is 0.201 e. The highest BCUT2D eigenvalue weighted by atomic mass is 16.5. The highest BCUT2D eigenvalue weighted by Crippen LogP contribution is 2.35. The minimum atomic E-state index is -0.161. The summed E-state index contributed by atoms with van der Waals surface area (Å²) in [5.41, 5.74) is 1.60. The fourth-order valence-electron chi connectivity index (χ4n) is 3.00. The Labute approximate surface area is 157 Å². The van der Waals surface area contributed by atoms with Crippen molar-refractivity contribution < 1.29 is 18.9 Å². The van der Waals surface area contributed by atoms with Crippen molar-refractivity contribution in [2.24, 2.45) is 0 Å². The molecule has 1 heterocycles. The number of pyridine rings is 1. The third-order valence-electron chi connectivity index (χ3n) is 4.34. The van der Waals surface area contributed by atoms with Crippen LogP contribution in [0.1, 0.15) is 13.3 Å². The van der Waals surface area contributed by atoms with Crippen LogP contribution in [0, 0.1) is 0 Å². The van der Waals surface area contributed by atoms with E-state index in [1.54, 1.807) is 57.9 Å². The maximum absolute atomic E-state index is 13.3. The van der Waals surface area contributed by atoms with Crippen molar-refractivity contribution in [3.63, 3.8) is 0 Å². The summed E-state index contributed by atoms with van der Waals surface area (Å²) in [5, 5.41) is 0.446. The van der Waals surface area contributed by atoms with Gasteiger partial charge in [0.25, 0.3) is 0 Å². The summed E-state index contributed by atoms with van der Waals surface area (Å²) < 4.78 is 21.9. The predicted octanol–water partition coefficient (Wildman–Crippen LogP) is 4.01. The van der Waals surface area contributed by atoms with Gasteiger partial charge in [0.15, 0.2) is 0 Å². The van der Waals surface area contributed by atoms with Crippen LogP contribution in [-0.4, -0.2) is 32.9 Å². The molecule has 0 aliphatic carbocycles. The summed E-state index contributed by atoms with van der Waals surface area (Å²) in [6.45, 7) is 2.60. The molecule has 0 aliphatic rings. The van der Waals surface area contributed by atoms with Crippen LogP contribution < -0.4 is 24.4 Å². The van der Waals surface area contributed by atoms with Crippen LogP contribution in [0.15, 0.2) is 41.3 Å². The minimum absolute atomic E-state index is 0.161. The van der Waals surface area contributed by atoms with Gasteiger partial charge in [0.1, 0.15) is 23.0 Å². The average Bonchev–Trinajstić information content (AvgIpc) is 2.71. The fourth-order valence-corrected chi connectivity index (χ4v) is 3.00. The Kier molecular flexibility index (Phi) is 5.54. The average molecular weight is 369 g/mol. The molecule has 142 valence electrons. The Bertz CT molecular complexity index is 1010. The van der Waals surface area contributed by atoms with E-state index in [0.29, 0.717) is 51.6 Å². The first-order valence-electron chi connectivity index (χ1n) is 8.72. The number of benzene rings is 2. The van der Waals surface area contributed by atoms with E-state index in [2.05, 4.69) is 4.98 Å². The molecule has 6 heteroatoms. The first kappa shape index (κ1) is 18.6.